The van der Waals surface area contributed by atoms with Gasteiger partial charge in [-0.1, -0.05) is 12.1 Å². The van der Waals surface area contributed by atoms with Gasteiger partial charge in [0.1, 0.15) is 17.7 Å². The number of halogens is 2. The summed E-state index contributed by atoms with van der Waals surface area (Å²) in [5.41, 5.74) is 0.455. The Labute approximate surface area is 239 Å². The van der Waals surface area contributed by atoms with Crippen LogP contribution in [0.4, 0.5) is 25.1 Å². The number of benzene rings is 1. The van der Waals surface area contributed by atoms with Gasteiger partial charge in [0.25, 0.3) is 12.3 Å². The Kier molecular flexibility index (Phi) is 8.03. The number of aliphatic hydroxyl groups is 1. The van der Waals surface area contributed by atoms with E-state index in [1.807, 2.05) is 0 Å². The van der Waals surface area contributed by atoms with Crippen molar-refractivity contribution in [2.45, 2.75) is 52.2 Å². The summed E-state index contributed by atoms with van der Waals surface area (Å²) in [5, 5.41) is 18.7. The van der Waals surface area contributed by atoms with E-state index >= 15 is 0 Å². The number of nitrogens with zero attached hydrogens (tertiary/aromatic N) is 4. The van der Waals surface area contributed by atoms with E-state index in [2.05, 4.69) is 25.5 Å². The number of pyridine rings is 1. The van der Waals surface area contributed by atoms with Crippen LogP contribution < -0.4 is 10.2 Å². The van der Waals surface area contributed by atoms with E-state index in [9.17, 15) is 23.5 Å². The van der Waals surface area contributed by atoms with E-state index in [1.165, 1.54) is 35.7 Å². The lowest BCUT2D eigenvalue weighted by molar-refractivity contribution is 0.0577. The molecule has 1 aromatic carbocycles. The van der Waals surface area contributed by atoms with E-state index in [0.29, 0.717) is 35.1 Å². The molecule has 0 unspecified atom stereocenters. The van der Waals surface area contributed by atoms with Gasteiger partial charge in [-0.05, 0) is 63.3 Å². The number of oxazole rings is 1. The van der Waals surface area contributed by atoms with E-state index in [4.69, 9.17) is 9.15 Å². The maximum Gasteiger partial charge on any atom is 0.416 e. The normalized spacial score (nSPS) is 13.3. The molecule has 13 heteroatoms. The highest BCUT2D eigenvalue weighted by atomic mass is 19.3. The average Bonchev–Trinajstić information content (AvgIpc) is 3.42. The number of amides is 2. The predicted octanol–water partition coefficient (Wildman–Crippen LogP) is 5.96. The molecule has 3 heterocycles. The van der Waals surface area contributed by atoms with Gasteiger partial charge >= 0.3 is 6.09 Å². The standard InChI is InChI=1S/C29H30F2N6O5/c1-29(2,3)42-28(40)37(13-16-4-5-16)23-11-18(8-9-32-23)27-35-22(15-41-27)26(39)34-21-12-33-36-24(21)17-6-7-19(14-38)20(10-17)25(30)31/h6-12,15-16,25,38H,4-5,13-14H2,1-3H3,(H,33,36)(H,34,39). The van der Waals surface area contributed by atoms with Gasteiger partial charge in [0.2, 0.25) is 5.89 Å². The van der Waals surface area contributed by atoms with Gasteiger partial charge in [-0.15, -0.1) is 0 Å². The number of nitrogens with one attached hydrogen (secondary N) is 2. The third kappa shape index (κ3) is 6.62. The fourth-order valence-corrected chi connectivity index (χ4v) is 4.23. The van der Waals surface area contributed by atoms with Crippen molar-refractivity contribution in [3.63, 3.8) is 0 Å². The highest BCUT2D eigenvalue weighted by molar-refractivity contribution is 6.04. The van der Waals surface area contributed by atoms with Gasteiger partial charge in [0.15, 0.2) is 5.69 Å². The molecule has 0 spiro atoms. The summed E-state index contributed by atoms with van der Waals surface area (Å²) in [4.78, 5) is 36.1. The third-order valence-electron chi connectivity index (χ3n) is 6.48. The van der Waals surface area contributed by atoms with Crippen LogP contribution in [0.3, 0.4) is 0 Å². The van der Waals surface area contributed by atoms with Crippen LogP contribution in [0.15, 0.2) is 53.4 Å². The number of anilines is 2. The van der Waals surface area contributed by atoms with Crippen molar-refractivity contribution in [1.82, 2.24) is 20.2 Å². The molecule has 1 aliphatic carbocycles. The lowest BCUT2D eigenvalue weighted by Gasteiger charge is -2.27. The first-order chi connectivity index (χ1) is 20.0. The maximum atomic E-state index is 13.5. The number of hydrogen-bond acceptors (Lipinski definition) is 8. The number of aromatic nitrogens is 4. The molecule has 4 aromatic rings. The van der Waals surface area contributed by atoms with Crippen molar-refractivity contribution in [2.75, 3.05) is 16.8 Å². The summed E-state index contributed by atoms with van der Waals surface area (Å²) < 4.78 is 38.1. The molecule has 3 N–H and O–H groups in total. The second-order valence-corrected chi connectivity index (χ2v) is 11.0. The Hall–Kier alpha value is -4.65. The van der Waals surface area contributed by atoms with Crippen LogP contribution in [-0.4, -0.2) is 49.4 Å². The van der Waals surface area contributed by atoms with Crippen LogP contribution >= 0.6 is 0 Å². The zero-order chi connectivity index (χ0) is 30.0. The van der Waals surface area contributed by atoms with Gasteiger partial charge in [0, 0.05) is 29.4 Å². The smallest absolute Gasteiger partial charge is 0.416 e. The van der Waals surface area contributed by atoms with Crippen molar-refractivity contribution >= 4 is 23.5 Å². The first kappa shape index (κ1) is 28.9. The summed E-state index contributed by atoms with van der Waals surface area (Å²) in [6, 6.07) is 7.46. The second-order valence-electron chi connectivity index (χ2n) is 11.0. The van der Waals surface area contributed by atoms with Gasteiger partial charge < -0.3 is 19.6 Å². The van der Waals surface area contributed by atoms with Gasteiger partial charge in [0.05, 0.1) is 24.2 Å². The molecule has 42 heavy (non-hydrogen) atoms. The summed E-state index contributed by atoms with van der Waals surface area (Å²) in [5.74, 6) is 0.263. The second kappa shape index (κ2) is 11.7. The summed E-state index contributed by atoms with van der Waals surface area (Å²) >= 11 is 0. The largest absolute Gasteiger partial charge is 0.444 e. The fraction of sp³-hybridized carbons (Fsp3) is 0.345. The number of H-pyrrole nitrogens is 1. The molecule has 11 nitrogen and oxygen atoms in total. The molecule has 220 valence electrons. The van der Waals surface area contributed by atoms with Gasteiger partial charge in [-0.3, -0.25) is 14.8 Å². The number of alkyl halides is 2. The monoisotopic (exact) mass is 580 g/mol. The van der Waals surface area contributed by atoms with Crippen molar-refractivity contribution in [3.8, 4) is 22.7 Å². The molecule has 1 saturated carbocycles. The predicted molar refractivity (Wildman–Crippen MR) is 149 cm³/mol. The van der Waals surface area contributed by atoms with E-state index < -0.39 is 30.6 Å². The summed E-state index contributed by atoms with van der Waals surface area (Å²) in [7, 11) is 0. The van der Waals surface area contributed by atoms with Gasteiger partial charge in [-0.2, -0.15) is 5.10 Å². The molecule has 1 aliphatic rings. The molecule has 1 fully saturated rings. The van der Waals surface area contributed by atoms with Crippen LogP contribution in [0.25, 0.3) is 22.7 Å². The third-order valence-corrected chi connectivity index (χ3v) is 6.48. The molecule has 0 saturated heterocycles. The van der Waals surface area contributed by atoms with Crippen LogP contribution in [0.1, 0.15) is 61.7 Å². The Morgan fingerprint density at radius 2 is 2.00 bits per heavy atom. The number of rotatable bonds is 9. The minimum atomic E-state index is -2.79. The van der Waals surface area contributed by atoms with Crippen LogP contribution in [-0.2, 0) is 11.3 Å². The molecule has 0 aliphatic heterocycles. The van der Waals surface area contributed by atoms with E-state index in [-0.39, 0.29) is 28.4 Å². The number of ether oxygens (including phenoxy) is 1. The Bertz CT molecular complexity index is 1590. The first-order valence-corrected chi connectivity index (χ1v) is 13.3. The maximum absolute atomic E-state index is 13.5. The Balaban J connectivity index is 1.34. The van der Waals surface area contributed by atoms with Crippen LogP contribution in [0.5, 0.6) is 0 Å². The van der Waals surface area contributed by atoms with Crippen LogP contribution in [0.2, 0.25) is 0 Å². The lowest BCUT2D eigenvalue weighted by atomic mass is 10.0. The topological polar surface area (TPSA) is 146 Å². The highest BCUT2D eigenvalue weighted by Gasteiger charge is 2.31. The number of hydrogen-bond donors (Lipinski definition) is 3. The van der Waals surface area contributed by atoms with E-state index in [1.54, 1.807) is 39.0 Å². The molecule has 0 bridgehead atoms. The zero-order valence-corrected chi connectivity index (χ0v) is 23.2. The van der Waals surface area contributed by atoms with Crippen molar-refractivity contribution < 1.29 is 32.6 Å². The summed E-state index contributed by atoms with van der Waals surface area (Å²) in [6.07, 6.45) is 2.80. The zero-order valence-electron chi connectivity index (χ0n) is 23.2. The van der Waals surface area contributed by atoms with Crippen molar-refractivity contribution in [1.29, 1.82) is 0 Å². The first-order valence-electron chi connectivity index (χ1n) is 13.3. The highest BCUT2D eigenvalue weighted by Crippen LogP contribution is 2.34. The minimum Gasteiger partial charge on any atom is -0.444 e. The van der Waals surface area contributed by atoms with Gasteiger partial charge in [-0.25, -0.2) is 23.5 Å². The SMILES string of the molecule is CC(C)(C)OC(=O)N(CC1CC1)c1cc(-c2nc(C(=O)Nc3cn[nH]c3-c3ccc(CO)c(C(F)F)c3)co2)ccn1. The molecule has 0 atom stereocenters. The number of carbonyl (C=O) groups excluding carboxylic acids is 2. The number of carbonyl (C=O) groups is 2. The Morgan fingerprint density at radius 3 is 2.69 bits per heavy atom. The number of aliphatic hydroxyl groups excluding tert-OH is 1. The summed E-state index contributed by atoms with van der Waals surface area (Å²) in [6.45, 7) is 5.33. The Morgan fingerprint density at radius 1 is 1.21 bits per heavy atom. The molecular weight excluding hydrogens is 550 g/mol. The fourth-order valence-electron chi connectivity index (χ4n) is 4.23. The molecule has 2 amide bonds. The quantitative estimate of drug-likeness (QED) is 0.220. The van der Waals surface area contributed by atoms with Crippen LogP contribution in [0, 0.1) is 5.92 Å². The van der Waals surface area contributed by atoms with Crippen molar-refractivity contribution in [3.05, 3.63) is 65.8 Å². The molecular formula is C29H30F2N6O5. The number of aromatic amines is 1. The van der Waals surface area contributed by atoms with E-state index in [0.717, 1.165) is 12.8 Å². The molecule has 3 aromatic heterocycles. The minimum absolute atomic E-state index is 0.0404. The van der Waals surface area contributed by atoms with Crippen molar-refractivity contribution in [2.24, 2.45) is 5.92 Å². The molecule has 0 radical (unpaired) electrons. The average molecular weight is 581 g/mol. The molecule has 5 rings (SSSR count). The lowest BCUT2D eigenvalue weighted by Crippen LogP contribution is -2.38.